The van der Waals surface area contributed by atoms with Crippen molar-refractivity contribution >= 4 is 29.1 Å². The van der Waals surface area contributed by atoms with Crippen molar-refractivity contribution in [1.82, 2.24) is 4.90 Å². The molecule has 2 amide bonds. The van der Waals surface area contributed by atoms with Gasteiger partial charge in [-0.1, -0.05) is 11.6 Å². The number of alkyl halides is 2. The van der Waals surface area contributed by atoms with Crippen molar-refractivity contribution in [3.05, 3.63) is 35.0 Å². The molecule has 6 nitrogen and oxygen atoms in total. The Morgan fingerprint density at radius 1 is 1.36 bits per heavy atom. The SMILES string of the molecule is O=C1C=C(Nc2ccc(OC(F)F)c(Cl)c2)C(=O)N1CCO. The number of hydrogen-bond donors (Lipinski definition) is 2. The topological polar surface area (TPSA) is 78.9 Å². The van der Waals surface area contributed by atoms with Crippen LogP contribution in [0.4, 0.5) is 14.5 Å². The molecule has 0 aliphatic carbocycles. The monoisotopic (exact) mass is 332 g/mol. The van der Waals surface area contributed by atoms with Crippen molar-refractivity contribution in [2.75, 3.05) is 18.5 Å². The van der Waals surface area contributed by atoms with E-state index in [0.717, 1.165) is 11.0 Å². The zero-order valence-electron chi connectivity index (χ0n) is 11.1. The van der Waals surface area contributed by atoms with Gasteiger partial charge in [0, 0.05) is 11.8 Å². The fraction of sp³-hybridized carbons (Fsp3) is 0.231. The number of nitrogens with zero attached hydrogens (tertiary/aromatic N) is 1. The van der Waals surface area contributed by atoms with Crippen molar-refractivity contribution < 1.29 is 28.2 Å². The molecule has 22 heavy (non-hydrogen) atoms. The molecular weight excluding hydrogens is 322 g/mol. The number of ether oxygens (including phenoxy) is 1. The summed E-state index contributed by atoms with van der Waals surface area (Å²) in [4.78, 5) is 24.4. The molecule has 0 aromatic heterocycles. The maximum absolute atomic E-state index is 12.1. The van der Waals surface area contributed by atoms with E-state index < -0.39 is 18.4 Å². The molecule has 1 heterocycles. The molecule has 1 aliphatic heterocycles. The third-order valence-corrected chi connectivity index (χ3v) is 3.06. The van der Waals surface area contributed by atoms with E-state index >= 15 is 0 Å². The Bertz CT molecular complexity index is 636. The Labute approximate surface area is 128 Å². The van der Waals surface area contributed by atoms with Crippen LogP contribution in [0.25, 0.3) is 0 Å². The number of anilines is 1. The molecule has 1 aromatic rings. The van der Waals surface area contributed by atoms with E-state index in [1.807, 2.05) is 0 Å². The predicted molar refractivity (Wildman–Crippen MR) is 73.6 cm³/mol. The van der Waals surface area contributed by atoms with Crippen LogP contribution >= 0.6 is 11.6 Å². The van der Waals surface area contributed by atoms with Crippen LogP contribution in [-0.2, 0) is 9.59 Å². The van der Waals surface area contributed by atoms with Crippen LogP contribution in [0.5, 0.6) is 5.75 Å². The van der Waals surface area contributed by atoms with Gasteiger partial charge in [-0.3, -0.25) is 14.5 Å². The van der Waals surface area contributed by atoms with Gasteiger partial charge in [-0.2, -0.15) is 8.78 Å². The van der Waals surface area contributed by atoms with Crippen molar-refractivity contribution in [1.29, 1.82) is 0 Å². The van der Waals surface area contributed by atoms with Crippen molar-refractivity contribution in [2.24, 2.45) is 0 Å². The number of benzene rings is 1. The van der Waals surface area contributed by atoms with Gasteiger partial charge in [0.05, 0.1) is 18.2 Å². The van der Waals surface area contributed by atoms with Gasteiger partial charge in [-0.15, -0.1) is 0 Å². The van der Waals surface area contributed by atoms with Gasteiger partial charge in [-0.25, -0.2) is 0 Å². The van der Waals surface area contributed by atoms with Gasteiger partial charge in [0.1, 0.15) is 11.4 Å². The molecule has 0 radical (unpaired) electrons. The average Bonchev–Trinajstić information content (AvgIpc) is 2.70. The number of carbonyl (C=O) groups excluding carboxylic acids is 2. The first-order valence-electron chi connectivity index (χ1n) is 6.12. The lowest BCUT2D eigenvalue weighted by atomic mass is 10.3. The van der Waals surface area contributed by atoms with E-state index in [2.05, 4.69) is 10.1 Å². The van der Waals surface area contributed by atoms with Gasteiger partial charge in [0.25, 0.3) is 11.8 Å². The molecule has 0 atom stereocenters. The van der Waals surface area contributed by atoms with Gasteiger partial charge < -0.3 is 15.2 Å². The number of nitrogens with one attached hydrogen (secondary N) is 1. The smallest absolute Gasteiger partial charge is 0.387 e. The summed E-state index contributed by atoms with van der Waals surface area (Å²) in [6, 6.07) is 3.87. The van der Waals surface area contributed by atoms with E-state index in [1.165, 1.54) is 18.2 Å². The van der Waals surface area contributed by atoms with Crippen molar-refractivity contribution in [3.8, 4) is 5.75 Å². The number of β-amino-alcohol motifs (C(OH)–C–C–N with tert-alkyl or cyclic N) is 1. The quantitative estimate of drug-likeness (QED) is 0.774. The summed E-state index contributed by atoms with van der Waals surface area (Å²) in [5.74, 6) is -1.35. The van der Waals surface area contributed by atoms with Crippen LogP contribution in [-0.4, -0.2) is 41.6 Å². The molecule has 0 saturated heterocycles. The van der Waals surface area contributed by atoms with Crippen LogP contribution in [0.1, 0.15) is 0 Å². The fourth-order valence-corrected chi connectivity index (χ4v) is 2.06. The lowest BCUT2D eigenvalue weighted by molar-refractivity contribution is -0.137. The van der Waals surface area contributed by atoms with E-state index in [1.54, 1.807) is 0 Å². The number of rotatable bonds is 6. The Hall–Kier alpha value is -2.19. The summed E-state index contributed by atoms with van der Waals surface area (Å²) in [6.07, 6.45) is 1.08. The zero-order valence-corrected chi connectivity index (χ0v) is 11.8. The number of amides is 2. The minimum absolute atomic E-state index is 0.00274. The van der Waals surface area contributed by atoms with Crippen LogP contribution in [0.15, 0.2) is 30.0 Å². The minimum atomic E-state index is -3.00. The molecule has 0 unspecified atom stereocenters. The molecule has 0 spiro atoms. The molecule has 118 valence electrons. The number of aliphatic hydroxyl groups excluding tert-OH is 1. The molecular formula is C13H11ClF2N2O4. The van der Waals surface area contributed by atoms with E-state index in [9.17, 15) is 18.4 Å². The predicted octanol–water partition coefficient (Wildman–Crippen LogP) is 1.60. The van der Waals surface area contributed by atoms with Gasteiger partial charge >= 0.3 is 6.61 Å². The summed E-state index contributed by atoms with van der Waals surface area (Å²) in [5.41, 5.74) is 0.321. The second kappa shape index (κ2) is 6.71. The maximum Gasteiger partial charge on any atom is 0.387 e. The summed E-state index contributed by atoms with van der Waals surface area (Å²) >= 11 is 5.79. The molecule has 0 fully saturated rings. The standard InChI is InChI=1S/C13H11ClF2N2O4/c14-8-5-7(1-2-10(8)22-13(15)16)17-9-6-11(20)18(3-4-19)12(9)21/h1-2,5-6,13,17,19H,3-4H2. The Kier molecular flexibility index (Phi) is 4.94. The van der Waals surface area contributed by atoms with Gasteiger partial charge in [0.2, 0.25) is 0 Å². The summed E-state index contributed by atoms with van der Waals surface area (Å²) in [6.45, 7) is -3.45. The van der Waals surface area contributed by atoms with E-state index in [4.69, 9.17) is 16.7 Å². The Morgan fingerprint density at radius 2 is 2.09 bits per heavy atom. The van der Waals surface area contributed by atoms with E-state index in [0.29, 0.717) is 5.69 Å². The normalized spacial score (nSPS) is 14.6. The number of halogens is 3. The van der Waals surface area contributed by atoms with Crippen molar-refractivity contribution in [2.45, 2.75) is 6.61 Å². The summed E-state index contributed by atoms with van der Waals surface area (Å²) in [5, 5.41) is 11.4. The highest BCUT2D eigenvalue weighted by Gasteiger charge is 2.30. The molecule has 2 N–H and O–H groups in total. The third kappa shape index (κ3) is 3.52. The highest BCUT2D eigenvalue weighted by atomic mass is 35.5. The number of aliphatic hydroxyl groups is 1. The second-order valence-electron chi connectivity index (χ2n) is 4.23. The second-order valence-corrected chi connectivity index (χ2v) is 4.63. The first kappa shape index (κ1) is 16.2. The van der Waals surface area contributed by atoms with E-state index in [-0.39, 0.29) is 29.6 Å². The zero-order chi connectivity index (χ0) is 16.3. The minimum Gasteiger partial charge on any atom is -0.433 e. The highest BCUT2D eigenvalue weighted by Crippen LogP contribution is 2.30. The molecule has 1 aromatic carbocycles. The molecule has 0 bridgehead atoms. The molecule has 2 rings (SSSR count). The van der Waals surface area contributed by atoms with Gasteiger partial charge in [0.15, 0.2) is 0 Å². The highest BCUT2D eigenvalue weighted by molar-refractivity contribution is 6.32. The summed E-state index contributed by atoms with van der Waals surface area (Å²) < 4.78 is 28.4. The van der Waals surface area contributed by atoms with Crippen LogP contribution in [0, 0.1) is 0 Å². The first-order chi connectivity index (χ1) is 10.4. The fourth-order valence-electron chi connectivity index (χ4n) is 1.84. The maximum atomic E-state index is 12.1. The number of hydrogen-bond acceptors (Lipinski definition) is 5. The third-order valence-electron chi connectivity index (χ3n) is 2.76. The average molecular weight is 333 g/mol. The van der Waals surface area contributed by atoms with Crippen LogP contribution in [0.2, 0.25) is 5.02 Å². The number of imide groups is 1. The van der Waals surface area contributed by atoms with Crippen molar-refractivity contribution in [3.63, 3.8) is 0 Å². The molecule has 0 saturated carbocycles. The van der Waals surface area contributed by atoms with Gasteiger partial charge in [-0.05, 0) is 18.2 Å². The lowest BCUT2D eigenvalue weighted by Gasteiger charge is -2.14. The van der Waals surface area contributed by atoms with Crippen LogP contribution in [0.3, 0.4) is 0 Å². The van der Waals surface area contributed by atoms with Crippen LogP contribution < -0.4 is 10.1 Å². The Balaban J connectivity index is 2.12. The molecule has 9 heteroatoms. The number of carbonyl (C=O) groups is 2. The first-order valence-corrected chi connectivity index (χ1v) is 6.50. The largest absolute Gasteiger partial charge is 0.433 e. The Morgan fingerprint density at radius 3 is 2.68 bits per heavy atom. The summed E-state index contributed by atoms with van der Waals surface area (Å²) in [7, 11) is 0. The lowest BCUT2D eigenvalue weighted by Crippen LogP contribution is -2.34. The molecule has 1 aliphatic rings.